The SMILES string of the molecule is O=C(O)CN1C(=O)[C@@H](CC(=O)C2(C[C@@H](CCc3cccc4ccccc34)C(=O)O)CCCC2)CCc2ccccc21. The predicted molar refractivity (Wildman–Crippen MR) is 157 cm³/mol. The van der Waals surface area contributed by atoms with E-state index in [-0.39, 0.29) is 24.5 Å². The minimum absolute atomic E-state index is 0.0125. The van der Waals surface area contributed by atoms with Crippen LogP contribution < -0.4 is 4.90 Å². The van der Waals surface area contributed by atoms with E-state index >= 15 is 0 Å². The largest absolute Gasteiger partial charge is 0.481 e. The Bertz CT molecular complexity index is 1450. The van der Waals surface area contributed by atoms with E-state index < -0.39 is 35.7 Å². The van der Waals surface area contributed by atoms with Crippen LogP contribution >= 0.6 is 0 Å². The third kappa shape index (κ3) is 6.19. The standard InChI is InChI=1S/C34H37NO6/c36-30(20-26-16-15-25-9-2-4-13-29(25)35(32(26)39)22-31(37)38)34(18-5-6-19-34)21-27(33(40)41)17-14-24-11-7-10-23-8-1-3-12-28(23)24/h1-4,7-13,26-27H,5-6,14-22H2,(H,37,38)(H,40,41)/t26-,27-/m1/s1. The maximum absolute atomic E-state index is 14.0. The van der Waals surface area contributed by atoms with Crippen LogP contribution in [-0.4, -0.2) is 40.4 Å². The fraction of sp³-hybridized carbons (Fsp3) is 0.412. The first kappa shape index (κ1) is 28.5. The number of anilines is 1. The van der Waals surface area contributed by atoms with Crippen LogP contribution in [0.1, 0.15) is 62.5 Å². The van der Waals surface area contributed by atoms with Crippen LogP contribution in [0.2, 0.25) is 0 Å². The zero-order chi connectivity index (χ0) is 29.0. The fourth-order valence-corrected chi connectivity index (χ4v) is 6.98. The van der Waals surface area contributed by atoms with E-state index in [1.54, 1.807) is 12.1 Å². The first-order chi connectivity index (χ1) is 19.8. The van der Waals surface area contributed by atoms with Gasteiger partial charge in [-0.1, -0.05) is 73.5 Å². The number of carboxylic acids is 2. The molecule has 1 fully saturated rings. The van der Waals surface area contributed by atoms with Crippen LogP contribution in [0, 0.1) is 17.3 Å². The average Bonchev–Trinajstić information content (AvgIpc) is 3.41. The number of para-hydroxylation sites is 1. The normalized spacial score (nSPS) is 19.0. The molecule has 1 aliphatic heterocycles. The molecule has 7 nitrogen and oxygen atoms in total. The first-order valence-corrected chi connectivity index (χ1v) is 14.6. The topological polar surface area (TPSA) is 112 Å². The Hall–Kier alpha value is -4.00. The Labute approximate surface area is 240 Å². The molecule has 214 valence electrons. The van der Waals surface area contributed by atoms with Gasteiger partial charge in [-0.15, -0.1) is 0 Å². The lowest BCUT2D eigenvalue weighted by molar-refractivity contribution is -0.145. The number of nitrogens with zero attached hydrogens (tertiary/aromatic N) is 1. The van der Waals surface area contributed by atoms with Crippen molar-refractivity contribution in [2.45, 2.75) is 64.2 Å². The third-order valence-corrected chi connectivity index (χ3v) is 9.17. The molecule has 1 amide bonds. The van der Waals surface area contributed by atoms with Crippen molar-refractivity contribution < 1.29 is 29.4 Å². The number of hydrogen-bond donors (Lipinski definition) is 2. The molecule has 1 heterocycles. The summed E-state index contributed by atoms with van der Waals surface area (Å²) in [7, 11) is 0. The monoisotopic (exact) mass is 555 g/mol. The van der Waals surface area contributed by atoms with Crippen LogP contribution in [0.4, 0.5) is 5.69 Å². The van der Waals surface area contributed by atoms with Gasteiger partial charge in [-0.3, -0.25) is 19.2 Å². The Morgan fingerprint density at radius 1 is 0.927 bits per heavy atom. The number of carbonyl (C=O) groups excluding carboxylic acids is 2. The Balaban J connectivity index is 1.33. The van der Waals surface area contributed by atoms with Crippen LogP contribution in [0.25, 0.3) is 10.8 Å². The molecule has 0 spiro atoms. The van der Waals surface area contributed by atoms with E-state index in [2.05, 4.69) is 6.07 Å². The number of hydrogen-bond acceptors (Lipinski definition) is 4. The summed E-state index contributed by atoms with van der Waals surface area (Å²) in [5.74, 6) is -3.70. The van der Waals surface area contributed by atoms with Gasteiger partial charge in [-0.05, 0) is 72.9 Å². The lowest BCUT2D eigenvalue weighted by atomic mass is 9.71. The number of ketones is 1. The second-order valence-electron chi connectivity index (χ2n) is 11.7. The van der Waals surface area contributed by atoms with Gasteiger partial charge in [0, 0.05) is 23.4 Å². The highest BCUT2D eigenvalue weighted by molar-refractivity contribution is 6.02. The predicted octanol–water partition coefficient (Wildman–Crippen LogP) is 6.06. The third-order valence-electron chi connectivity index (χ3n) is 9.17. The molecule has 3 aromatic carbocycles. The van der Waals surface area contributed by atoms with Crippen LogP contribution in [0.3, 0.4) is 0 Å². The van der Waals surface area contributed by atoms with Crippen molar-refractivity contribution in [2.75, 3.05) is 11.4 Å². The van der Waals surface area contributed by atoms with Gasteiger partial charge >= 0.3 is 11.9 Å². The van der Waals surface area contributed by atoms with E-state index in [1.165, 1.54) is 4.90 Å². The summed E-state index contributed by atoms with van der Waals surface area (Å²) in [5.41, 5.74) is 1.82. The maximum atomic E-state index is 14.0. The Morgan fingerprint density at radius 2 is 1.63 bits per heavy atom. The number of Topliss-reactive ketones (excluding diaryl/α,β-unsaturated/α-hetero) is 1. The molecule has 2 atom stereocenters. The summed E-state index contributed by atoms with van der Waals surface area (Å²) >= 11 is 0. The van der Waals surface area contributed by atoms with E-state index in [0.717, 1.165) is 34.7 Å². The van der Waals surface area contributed by atoms with Gasteiger partial charge in [0.1, 0.15) is 12.3 Å². The Morgan fingerprint density at radius 3 is 2.39 bits per heavy atom. The summed E-state index contributed by atoms with van der Waals surface area (Å²) in [6.07, 6.45) is 5.32. The molecule has 1 aliphatic carbocycles. The van der Waals surface area contributed by atoms with Crippen molar-refractivity contribution in [3.05, 3.63) is 77.9 Å². The summed E-state index contributed by atoms with van der Waals surface area (Å²) in [4.78, 5) is 53.0. The van der Waals surface area contributed by atoms with E-state index in [1.807, 2.05) is 48.5 Å². The number of aryl methyl sites for hydroxylation is 2. The molecule has 0 unspecified atom stereocenters. The minimum Gasteiger partial charge on any atom is -0.481 e. The zero-order valence-electron chi connectivity index (χ0n) is 23.3. The highest BCUT2D eigenvalue weighted by Gasteiger charge is 2.45. The number of benzene rings is 3. The van der Waals surface area contributed by atoms with Crippen LogP contribution in [-0.2, 0) is 32.0 Å². The molecular weight excluding hydrogens is 518 g/mol. The minimum atomic E-state index is -1.11. The molecule has 0 radical (unpaired) electrons. The Kier molecular flexibility index (Phi) is 8.52. The molecule has 7 heteroatoms. The van der Waals surface area contributed by atoms with Crippen molar-refractivity contribution in [3.63, 3.8) is 0 Å². The molecular formula is C34H37NO6. The second kappa shape index (κ2) is 12.2. The van der Waals surface area contributed by atoms with Gasteiger partial charge in [-0.25, -0.2) is 0 Å². The van der Waals surface area contributed by atoms with Gasteiger partial charge in [0.15, 0.2) is 0 Å². The van der Waals surface area contributed by atoms with Gasteiger partial charge < -0.3 is 15.1 Å². The highest BCUT2D eigenvalue weighted by atomic mass is 16.4. The van der Waals surface area contributed by atoms with E-state index in [9.17, 15) is 29.4 Å². The number of carboxylic acid groups (broad SMARTS) is 2. The van der Waals surface area contributed by atoms with E-state index in [4.69, 9.17) is 0 Å². The first-order valence-electron chi connectivity index (χ1n) is 14.6. The van der Waals surface area contributed by atoms with Crippen molar-refractivity contribution in [1.82, 2.24) is 0 Å². The quantitative estimate of drug-likeness (QED) is 0.297. The second-order valence-corrected chi connectivity index (χ2v) is 11.7. The van der Waals surface area contributed by atoms with Gasteiger partial charge in [0.25, 0.3) is 0 Å². The molecule has 0 aromatic heterocycles. The van der Waals surface area contributed by atoms with Crippen molar-refractivity contribution in [3.8, 4) is 0 Å². The average molecular weight is 556 g/mol. The molecule has 0 bridgehead atoms. The smallest absolute Gasteiger partial charge is 0.323 e. The number of rotatable bonds is 11. The van der Waals surface area contributed by atoms with Gasteiger partial charge in [0.2, 0.25) is 5.91 Å². The van der Waals surface area contributed by atoms with Crippen LogP contribution in [0.5, 0.6) is 0 Å². The summed E-state index contributed by atoms with van der Waals surface area (Å²) in [6, 6.07) is 21.4. The summed E-state index contributed by atoms with van der Waals surface area (Å²) in [6.45, 7) is -0.457. The molecule has 2 N–H and O–H groups in total. The van der Waals surface area contributed by atoms with Crippen molar-refractivity contribution in [2.24, 2.45) is 17.3 Å². The maximum Gasteiger partial charge on any atom is 0.323 e. The number of aliphatic carboxylic acids is 2. The lowest BCUT2D eigenvalue weighted by Crippen LogP contribution is -2.41. The highest BCUT2D eigenvalue weighted by Crippen LogP contribution is 2.47. The molecule has 5 rings (SSSR count). The van der Waals surface area contributed by atoms with E-state index in [0.29, 0.717) is 44.2 Å². The van der Waals surface area contributed by atoms with Gasteiger partial charge in [-0.2, -0.15) is 0 Å². The summed E-state index contributed by atoms with van der Waals surface area (Å²) < 4.78 is 0. The van der Waals surface area contributed by atoms with Crippen molar-refractivity contribution in [1.29, 1.82) is 0 Å². The van der Waals surface area contributed by atoms with Crippen molar-refractivity contribution >= 4 is 40.1 Å². The molecule has 1 saturated carbocycles. The number of carbonyl (C=O) groups is 4. The van der Waals surface area contributed by atoms with Crippen LogP contribution in [0.15, 0.2) is 66.7 Å². The molecule has 3 aromatic rings. The molecule has 41 heavy (non-hydrogen) atoms. The number of amides is 1. The zero-order valence-corrected chi connectivity index (χ0v) is 23.3. The molecule has 0 saturated heterocycles. The molecule has 2 aliphatic rings. The van der Waals surface area contributed by atoms with Gasteiger partial charge in [0.05, 0.1) is 5.92 Å². The lowest BCUT2D eigenvalue weighted by Gasteiger charge is -2.32. The number of fused-ring (bicyclic) bond motifs is 2. The fourth-order valence-electron chi connectivity index (χ4n) is 6.98. The summed E-state index contributed by atoms with van der Waals surface area (Å²) in [5, 5.41) is 22.0.